The Morgan fingerprint density at radius 1 is 1.48 bits per heavy atom. The Kier molecular flexibility index (Phi) is 7.34. The molecule has 8 nitrogen and oxygen atoms in total. The molecular weight excluding hydrogens is 322 g/mol. The van der Waals surface area contributed by atoms with Gasteiger partial charge in [-0.3, -0.25) is 4.79 Å². The van der Waals surface area contributed by atoms with E-state index in [-0.39, 0.29) is 30.6 Å². The monoisotopic (exact) mass is 353 g/mol. The van der Waals surface area contributed by atoms with Crippen LogP contribution in [0.5, 0.6) is 0 Å². The molecule has 1 aromatic rings. The third-order valence-corrected chi connectivity index (χ3v) is 4.68. The van der Waals surface area contributed by atoms with Gasteiger partial charge in [-0.05, 0) is 27.4 Å². The molecule has 1 aliphatic rings. The van der Waals surface area contributed by atoms with E-state index in [4.69, 9.17) is 4.74 Å². The number of amides is 1. The van der Waals surface area contributed by atoms with E-state index in [1.54, 1.807) is 11.1 Å². The highest BCUT2D eigenvalue weighted by molar-refractivity contribution is 5.76. The number of aryl methyl sites for hydroxylation is 1. The van der Waals surface area contributed by atoms with Crippen molar-refractivity contribution in [2.75, 3.05) is 33.8 Å². The van der Waals surface area contributed by atoms with Crippen LogP contribution in [0.25, 0.3) is 0 Å². The fourth-order valence-electron chi connectivity index (χ4n) is 3.11. The molecule has 0 unspecified atom stereocenters. The van der Waals surface area contributed by atoms with E-state index in [2.05, 4.69) is 22.1 Å². The second-order valence-electron chi connectivity index (χ2n) is 7.22. The van der Waals surface area contributed by atoms with E-state index in [9.17, 15) is 9.90 Å². The smallest absolute Gasteiger partial charge is 0.222 e. The Morgan fingerprint density at radius 3 is 2.92 bits per heavy atom. The Hall–Kier alpha value is -1.51. The van der Waals surface area contributed by atoms with Gasteiger partial charge in [-0.25, -0.2) is 4.68 Å². The van der Waals surface area contributed by atoms with Crippen LogP contribution in [0, 0.1) is 5.92 Å². The number of aliphatic hydroxyl groups is 1. The largest absolute Gasteiger partial charge is 0.394 e. The number of rotatable bonds is 4. The summed E-state index contributed by atoms with van der Waals surface area (Å²) in [5, 5.41) is 17.6. The van der Waals surface area contributed by atoms with Crippen LogP contribution < -0.4 is 0 Å². The summed E-state index contributed by atoms with van der Waals surface area (Å²) in [6.07, 6.45) is 2.83. The average molecular weight is 353 g/mol. The van der Waals surface area contributed by atoms with Crippen molar-refractivity contribution in [1.82, 2.24) is 24.8 Å². The van der Waals surface area contributed by atoms with Crippen LogP contribution >= 0.6 is 0 Å². The number of hydrogen-bond acceptors (Lipinski definition) is 6. The maximum atomic E-state index is 12.7. The van der Waals surface area contributed by atoms with Crippen molar-refractivity contribution in [3.05, 3.63) is 11.9 Å². The SMILES string of the molecule is C[C@H]1CN([C@@H](C)CO)C(=O)CCCn2nncc2CO[C@H]1CN(C)C. The van der Waals surface area contributed by atoms with Crippen molar-refractivity contribution in [2.45, 2.75) is 52.0 Å². The summed E-state index contributed by atoms with van der Waals surface area (Å²) in [5.41, 5.74) is 0.935. The first-order chi connectivity index (χ1) is 11.9. The number of carbonyl (C=O) groups is 1. The summed E-state index contributed by atoms with van der Waals surface area (Å²) in [5.74, 6) is 0.211. The van der Waals surface area contributed by atoms with Gasteiger partial charge in [0.1, 0.15) is 0 Å². The number of likely N-dealkylation sites (N-methyl/N-ethyl adjacent to an activating group) is 1. The molecule has 1 aliphatic heterocycles. The third kappa shape index (κ3) is 5.49. The number of hydrogen-bond donors (Lipinski definition) is 1. The molecular formula is C17H31N5O3. The maximum absolute atomic E-state index is 12.7. The first-order valence-electron chi connectivity index (χ1n) is 8.96. The molecule has 3 atom stereocenters. The Labute approximate surface area is 149 Å². The number of aliphatic hydroxyl groups excluding tert-OH is 1. The molecule has 1 amide bonds. The second kappa shape index (κ2) is 9.26. The van der Waals surface area contributed by atoms with Gasteiger partial charge in [0.2, 0.25) is 5.91 Å². The Balaban J connectivity index is 2.22. The van der Waals surface area contributed by atoms with Crippen LogP contribution in [0.1, 0.15) is 32.4 Å². The van der Waals surface area contributed by atoms with Gasteiger partial charge in [0, 0.05) is 32.0 Å². The lowest BCUT2D eigenvalue weighted by Crippen LogP contribution is -2.47. The predicted molar refractivity (Wildman–Crippen MR) is 93.8 cm³/mol. The van der Waals surface area contributed by atoms with Gasteiger partial charge in [-0.2, -0.15) is 0 Å². The summed E-state index contributed by atoms with van der Waals surface area (Å²) < 4.78 is 7.99. The number of carbonyl (C=O) groups excluding carboxylic acids is 1. The summed E-state index contributed by atoms with van der Waals surface area (Å²) in [7, 11) is 4.02. The molecule has 142 valence electrons. The minimum absolute atomic E-state index is 0.0287. The van der Waals surface area contributed by atoms with E-state index in [1.807, 2.05) is 25.7 Å². The molecule has 0 bridgehead atoms. The van der Waals surface area contributed by atoms with Crippen LogP contribution in [0.3, 0.4) is 0 Å². The molecule has 8 heteroatoms. The summed E-state index contributed by atoms with van der Waals surface area (Å²) in [4.78, 5) is 16.6. The zero-order valence-electron chi connectivity index (χ0n) is 15.8. The van der Waals surface area contributed by atoms with Crippen molar-refractivity contribution in [2.24, 2.45) is 5.92 Å². The molecule has 1 N–H and O–H groups in total. The number of nitrogens with zero attached hydrogens (tertiary/aromatic N) is 5. The Morgan fingerprint density at radius 2 is 2.24 bits per heavy atom. The molecule has 0 aromatic carbocycles. The van der Waals surface area contributed by atoms with Gasteiger partial charge < -0.3 is 19.6 Å². The highest BCUT2D eigenvalue weighted by Crippen LogP contribution is 2.17. The van der Waals surface area contributed by atoms with Crippen LogP contribution in [0.2, 0.25) is 0 Å². The van der Waals surface area contributed by atoms with Gasteiger partial charge in [0.15, 0.2) is 0 Å². The van der Waals surface area contributed by atoms with Crippen LogP contribution in [-0.2, 0) is 22.7 Å². The van der Waals surface area contributed by atoms with Crippen molar-refractivity contribution in [3.63, 3.8) is 0 Å². The van der Waals surface area contributed by atoms with Gasteiger partial charge in [-0.1, -0.05) is 12.1 Å². The summed E-state index contributed by atoms with van der Waals surface area (Å²) in [6.45, 7) is 6.38. The summed E-state index contributed by atoms with van der Waals surface area (Å²) >= 11 is 0. The van der Waals surface area contributed by atoms with Gasteiger partial charge in [0.25, 0.3) is 0 Å². The molecule has 0 aliphatic carbocycles. The van der Waals surface area contributed by atoms with Gasteiger partial charge >= 0.3 is 0 Å². The van der Waals surface area contributed by atoms with Crippen LogP contribution in [-0.4, -0.2) is 81.7 Å². The lowest BCUT2D eigenvalue weighted by Gasteiger charge is -2.35. The molecule has 1 aromatic heterocycles. The topological polar surface area (TPSA) is 83.7 Å². The van der Waals surface area contributed by atoms with Crippen LogP contribution in [0.4, 0.5) is 0 Å². The zero-order chi connectivity index (χ0) is 18.4. The third-order valence-electron chi connectivity index (χ3n) is 4.68. The number of ether oxygens (including phenoxy) is 1. The van der Waals surface area contributed by atoms with Crippen molar-refractivity contribution in [1.29, 1.82) is 0 Å². The fourth-order valence-corrected chi connectivity index (χ4v) is 3.11. The van der Waals surface area contributed by atoms with Gasteiger partial charge in [0.05, 0.1) is 37.3 Å². The standard InChI is InChI=1S/C17H31N5O3/c1-13-9-21(14(2)11-23)17(24)6-5-7-22-15(8-18-19-22)12-25-16(13)10-20(3)4/h8,13-14,16,23H,5-7,9-12H2,1-4H3/t13-,14-,16-/m0/s1. The van der Waals surface area contributed by atoms with E-state index in [0.717, 1.165) is 12.2 Å². The average Bonchev–Trinajstić information content (AvgIpc) is 3.01. The fraction of sp³-hybridized carbons (Fsp3) is 0.824. The minimum Gasteiger partial charge on any atom is -0.394 e. The first kappa shape index (κ1) is 19.8. The highest BCUT2D eigenvalue weighted by atomic mass is 16.5. The molecule has 2 heterocycles. The molecule has 0 radical (unpaired) electrons. The van der Waals surface area contributed by atoms with E-state index in [1.165, 1.54) is 0 Å². The van der Waals surface area contributed by atoms with E-state index >= 15 is 0 Å². The lowest BCUT2D eigenvalue weighted by atomic mass is 10.0. The van der Waals surface area contributed by atoms with Crippen molar-refractivity contribution >= 4 is 5.91 Å². The second-order valence-corrected chi connectivity index (χ2v) is 7.22. The van der Waals surface area contributed by atoms with Crippen LogP contribution in [0.15, 0.2) is 6.20 Å². The lowest BCUT2D eigenvalue weighted by molar-refractivity contribution is -0.136. The van der Waals surface area contributed by atoms with E-state index in [0.29, 0.717) is 32.5 Å². The molecule has 2 rings (SSSR count). The normalized spacial score (nSPS) is 24.6. The van der Waals surface area contributed by atoms with E-state index < -0.39 is 0 Å². The molecule has 0 spiro atoms. The molecule has 0 saturated heterocycles. The minimum atomic E-state index is -0.195. The quantitative estimate of drug-likeness (QED) is 0.842. The first-order valence-corrected chi connectivity index (χ1v) is 8.96. The highest BCUT2D eigenvalue weighted by Gasteiger charge is 2.27. The predicted octanol–water partition coefficient (Wildman–Crippen LogP) is 0.364. The molecule has 0 fully saturated rings. The number of aromatic nitrogens is 3. The Bertz CT molecular complexity index is 548. The number of fused-ring (bicyclic) bond motifs is 1. The van der Waals surface area contributed by atoms with Crippen molar-refractivity contribution in [3.8, 4) is 0 Å². The van der Waals surface area contributed by atoms with Crippen molar-refractivity contribution < 1.29 is 14.6 Å². The maximum Gasteiger partial charge on any atom is 0.222 e. The summed E-state index contributed by atoms with van der Waals surface area (Å²) in [6, 6.07) is -0.195. The molecule has 25 heavy (non-hydrogen) atoms. The molecule has 0 saturated carbocycles. The zero-order valence-corrected chi connectivity index (χ0v) is 15.8. The van der Waals surface area contributed by atoms with Gasteiger partial charge in [-0.15, -0.1) is 5.10 Å².